The first-order valence-corrected chi connectivity index (χ1v) is 7.68. The lowest BCUT2D eigenvalue weighted by Gasteiger charge is -2.22. The van der Waals surface area contributed by atoms with Crippen LogP contribution in [-0.2, 0) is 16.1 Å². The smallest absolute Gasteiger partial charge is 0.227 e. The molecular formula is C16H23ClN2O2. The Morgan fingerprint density at radius 1 is 1.52 bits per heavy atom. The summed E-state index contributed by atoms with van der Waals surface area (Å²) >= 11 is 5.98. The van der Waals surface area contributed by atoms with E-state index in [-0.39, 0.29) is 11.8 Å². The number of ether oxygens (including phenoxy) is 1. The molecule has 4 nitrogen and oxygen atoms in total. The molecule has 5 heteroatoms. The number of halogens is 1. The van der Waals surface area contributed by atoms with Gasteiger partial charge in [0, 0.05) is 38.8 Å². The molecule has 0 aromatic heterocycles. The van der Waals surface area contributed by atoms with Crippen LogP contribution < -0.4 is 0 Å². The van der Waals surface area contributed by atoms with Crippen LogP contribution >= 0.6 is 11.6 Å². The fourth-order valence-corrected chi connectivity index (χ4v) is 2.97. The third-order valence-corrected chi connectivity index (χ3v) is 4.15. The number of rotatable bonds is 6. The largest absolute Gasteiger partial charge is 0.383 e. The zero-order chi connectivity index (χ0) is 15.2. The zero-order valence-electron chi connectivity index (χ0n) is 12.7. The third kappa shape index (κ3) is 4.70. The summed E-state index contributed by atoms with van der Waals surface area (Å²) in [6.45, 7) is 4.04. The van der Waals surface area contributed by atoms with Crippen molar-refractivity contribution in [3.63, 3.8) is 0 Å². The predicted octanol–water partition coefficient (Wildman–Crippen LogP) is 2.27. The Bertz CT molecular complexity index is 481. The zero-order valence-corrected chi connectivity index (χ0v) is 13.5. The molecule has 1 fully saturated rings. The number of nitrogens with zero attached hydrogens (tertiary/aromatic N) is 2. The Morgan fingerprint density at radius 3 is 3.05 bits per heavy atom. The van der Waals surface area contributed by atoms with E-state index in [1.54, 1.807) is 12.0 Å². The van der Waals surface area contributed by atoms with E-state index in [0.717, 1.165) is 38.2 Å². The minimum atomic E-state index is 0.103. The third-order valence-electron chi connectivity index (χ3n) is 3.92. The summed E-state index contributed by atoms with van der Waals surface area (Å²) in [4.78, 5) is 16.6. The molecule has 1 aliphatic heterocycles. The molecule has 0 unspecified atom stereocenters. The van der Waals surface area contributed by atoms with Gasteiger partial charge in [0.1, 0.15) is 0 Å². The van der Waals surface area contributed by atoms with Gasteiger partial charge in [-0.15, -0.1) is 0 Å². The highest BCUT2D eigenvalue weighted by Gasteiger charge is 2.29. The Hall–Kier alpha value is -1.10. The van der Waals surface area contributed by atoms with Crippen molar-refractivity contribution in [1.29, 1.82) is 0 Å². The molecule has 2 rings (SSSR count). The maximum Gasteiger partial charge on any atom is 0.227 e. The topological polar surface area (TPSA) is 32.8 Å². The second-order valence-corrected chi connectivity index (χ2v) is 6.04. The van der Waals surface area contributed by atoms with Crippen LogP contribution in [0.2, 0.25) is 5.02 Å². The summed E-state index contributed by atoms with van der Waals surface area (Å²) in [7, 11) is 3.57. The summed E-state index contributed by atoms with van der Waals surface area (Å²) in [5.41, 5.74) is 1.06. The van der Waals surface area contributed by atoms with E-state index in [1.165, 1.54) is 0 Å². The Kier molecular flexibility index (Phi) is 6.03. The number of likely N-dealkylation sites (tertiary alicyclic amines) is 1. The molecule has 0 aliphatic carbocycles. The molecule has 0 bridgehead atoms. The van der Waals surface area contributed by atoms with Crippen molar-refractivity contribution in [2.24, 2.45) is 5.92 Å². The van der Waals surface area contributed by atoms with Gasteiger partial charge in [0.05, 0.1) is 12.5 Å². The van der Waals surface area contributed by atoms with Crippen LogP contribution in [0.1, 0.15) is 12.0 Å². The Balaban J connectivity index is 1.85. The number of carbonyl (C=O) groups excluding carboxylic acids is 1. The lowest BCUT2D eigenvalue weighted by atomic mass is 10.1. The molecule has 1 aromatic carbocycles. The van der Waals surface area contributed by atoms with Gasteiger partial charge < -0.3 is 14.5 Å². The highest BCUT2D eigenvalue weighted by atomic mass is 35.5. The Labute approximate surface area is 131 Å². The van der Waals surface area contributed by atoms with Gasteiger partial charge in [-0.2, -0.15) is 0 Å². The molecule has 1 heterocycles. The second-order valence-electron chi connectivity index (χ2n) is 5.60. The van der Waals surface area contributed by atoms with E-state index in [9.17, 15) is 4.79 Å². The average Bonchev–Trinajstić information content (AvgIpc) is 2.93. The molecule has 0 radical (unpaired) electrons. The van der Waals surface area contributed by atoms with E-state index < -0.39 is 0 Å². The van der Waals surface area contributed by atoms with Crippen LogP contribution in [0.25, 0.3) is 0 Å². The van der Waals surface area contributed by atoms with Crippen LogP contribution in [0, 0.1) is 5.92 Å². The van der Waals surface area contributed by atoms with E-state index in [4.69, 9.17) is 16.3 Å². The van der Waals surface area contributed by atoms with Crippen LogP contribution in [-0.4, -0.2) is 56.1 Å². The van der Waals surface area contributed by atoms with Crippen molar-refractivity contribution in [2.45, 2.75) is 13.0 Å². The molecule has 0 spiro atoms. The summed E-state index contributed by atoms with van der Waals surface area (Å²) in [5, 5.41) is 0.708. The van der Waals surface area contributed by atoms with Gasteiger partial charge in [0.25, 0.3) is 0 Å². The standard InChI is InChI=1S/C16H23ClN2O2/c1-18(11-13-4-3-5-15(17)10-13)16(20)14-6-7-19(12-14)8-9-21-2/h3-5,10,14H,6-9,11-12H2,1-2H3/t14-/m0/s1. The van der Waals surface area contributed by atoms with Crippen LogP contribution in [0.15, 0.2) is 24.3 Å². The number of benzene rings is 1. The maximum atomic E-state index is 12.5. The van der Waals surface area contributed by atoms with Crippen molar-refractivity contribution in [3.8, 4) is 0 Å². The number of carbonyl (C=O) groups is 1. The first kappa shape index (κ1) is 16.3. The fraction of sp³-hybridized carbons (Fsp3) is 0.562. The minimum Gasteiger partial charge on any atom is -0.383 e. The normalized spacial score (nSPS) is 18.9. The van der Waals surface area contributed by atoms with Crippen molar-refractivity contribution in [3.05, 3.63) is 34.9 Å². The van der Waals surface area contributed by atoms with E-state index >= 15 is 0 Å². The van der Waals surface area contributed by atoms with E-state index in [2.05, 4.69) is 4.90 Å². The van der Waals surface area contributed by atoms with Gasteiger partial charge >= 0.3 is 0 Å². The van der Waals surface area contributed by atoms with Gasteiger partial charge in [-0.25, -0.2) is 0 Å². The molecule has 21 heavy (non-hydrogen) atoms. The summed E-state index contributed by atoms with van der Waals surface area (Å²) < 4.78 is 5.09. The van der Waals surface area contributed by atoms with Crippen molar-refractivity contribution in [1.82, 2.24) is 9.80 Å². The molecule has 1 saturated heterocycles. The highest BCUT2D eigenvalue weighted by molar-refractivity contribution is 6.30. The number of hydrogen-bond acceptors (Lipinski definition) is 3. The molecule has 1 aliphatic rings. The fourth-order valence-electron chi connectivity index (χ4n) is 2.76. The van der Waals surface area contributed by atoms with Gasteiger partial charge in [-0.05, 0) is 30.7 Å². The summed E-state index contributed by atoms with van der Waals surface area (Å²) in [5.74, 6) is 0.320. The van der Waals surface area contributed by atoms with Gasteiger partial charge in [-0.3, -0.25) is 4.79 Å². The number of hydrogen-bond donors (Lipinski definition) is 0. The van der Waals surface area contributed by atoms with Gasteiger partial charge in [0.15, 0.2) is 0 Å². The molecular weight excluding hydrogens is 288 g/mol. The Morgan fingerprint density at radius 2 is 2.33 bits per heavy atom. The molecule has 0 saturated carbocycles. The van der Waals surface area contributed by atoms with Crippen molar-refractivity contribution >= 4 is 17.5 Å². The van der Waals surface area contributed by atoms with Crippen LogP contribution in [0.4, 0.5) is 0 Å². The van der Waals surface area contributed by atoms with Gasteiger partial charge in [0.2, 0.25) is 5.91 Å². The van der Waals surface area contributed by atoms with E-state index in [1.807, 2.05) is 31.3 Å². The molecule has 1 amide bonds. The average molecular weight is 311 g/mol. The van der Waals surface area contributed by atoms with Crippen LogP contribution in [0.3, 0.4) is 0 Å². The SMILES string of the molecule is COCCN1CC[C@H](C(=O)N(C)Cc2cccc(Cl)c2)C1. The number of amides is 1. The maximum absolute atomic E-state index is 12.5. The summed E-state index contributed by atoms with van der Waals surface area (Å²) in [6.07, 6.45) is 0.933. The molecule has 1 atom stereocenters. The lowest BCUT2D eigenvalue weighted by Crippen LogP contribution is -2.34. The first-order valence-electron chi connectivity index (χ1n) is 7.31. The highest BCUT2D eigenvalue weighted by Crippen LogP contribution is 2.19. The quantitative estimate of drug-likeness (QED) is 0.808. The lowest BCUT2D eigenvalue weighted by molar-refractivity contribution is -0.134. The predicted molar refractivity (Wildman–Crippen MR) is 84.3 cm³/mol. The van der Waals surface area contributed by atoms with Crippen LogP contribution in [0.5, 0.6) is 0 Å². The summed E-state index contributed by atoms with van der Waals surface area (Å²) in [6, 6.07) is 7.66. The monoisotopic (exact) mass is 310 g/mol. The molecule has 116 valence electrons. The second kappa shape index (κ2) is 7.78. The van der Waals surface area contributed by atoms with E-state index in [0.29, 0.717) is 11.6 Å². The first-order chi connectivity index (χ1) is 10.1. The van der Waals surface area contributed by atoms with Crippen molar-refractivity contribution < 1.29 is 9.53 Å². The molecule has 0 N–H and O–H groups in total. The number of methoxy groups -OCH3 is 1. The van der Waals surface area contributed by atoms with Crippen molar-refractivity contribution in [2.75, 3.05) is 40.4 Å². The molecule has 1 aromatic rings. The van der Waals surface area contributed by atoms with Gasteiger partial charge in [-0.1, -0.05) is 23.7 Å². The minimum absolute atomic E-state index is 0.103.